The lowest BCUT2D eigenvalue weighted by molar-refractivity contribution is 0.411. The van der Waals surface area contributed by atoms with Crippen LogP contribution in [0.5, 0.6) is 5.75 Å². The number of halogens is 1. The van der Waals surface area contributed by atoms with E-state index in [0.29, 0.717) is 0 Å². The Morgan fingerprint density at radius 1 is 1.25 bits per heavy atom. The fourth-order valence-corrected chi connectivity index (χ4v) is 3.10. The van der Waals surface area contributed by atoms with E-state index in [-0.39, 0.29) is 4.83 Å². The highest BCUT2D eigenvalue weighted by molar-refractivity contribution is 9.09. The molecule has 1 nitrogen and oxygen atoms in total. The van der Waals surface area contributed by atoms with Gasteiger partial charge >= 0.3 is 0 Å². The van der Waals surface area contributed by atoms with Gasteiger partial charge in [-0.05, 0) is 46.5 Å². The number of benzene rings is 1. The topological polar surface area (TPSA) is 9.23 Å². The van der Waals surface area contributed by atoms with Gasteiger partial charge in [0.05, 0.1) is 11.9 Å². The molecule has 1 aromatic heterocycles. The summed E-state index contributed by atoms with van der Waals surface area (Å²) in [5.41, 5.74) is 3.73. The number of methoxy groups -OCH3 is 1. The molecule has 2 aromatic rings. The molecular formula is C13H13BrOS. The molecule has 0 amide bonds. The molecule has 1 heterocycles. The van der Waals surface area contributed by atoms with Gasteiger partial charge in [-0.2, -0.15) is 11.3 Å². The van der Waals surface area contributed by atoms with Crippen LogP contribution in [0.25, 0.3) is 0 Å². The number of ether oxygens (including phenoxy) is 1. The molecule has 0 radical (unpaired) electrons. The molecule has 16 heavy (non-hydrogen) atoms. The molecule has 0 spiro atoms. The van der Waals surface area contributed by atoms with Gasteiger partial charge in [0.25, 0.3) is 0 Å². The zero-order chi connectivity index (χ0) is 11.5. The monoisotopic (exact) mass is 296 g/mol. The third-order valence-corrected chi connectivity index (χ3v) is 4.31. The van der Waals surface area contributed by atoms with Crippen LogP contribution in [-0.4, -0.2) is 7.11 Å². The lowest BCUT2D eigenvalue weighted by atomic mass is 10.0. The molecule has 0 bridgehead atoms. The normalized spacial score (nSPS) is 12.4. The van der Waals surface area contributed by atoms with Gasteiger partial charge in [-0.3, -0.25) is 0 Å². The molecule has 0 saturated carbocycles. The first-order valence-electron chi connectivity index (χ1n) is 5.03. The smallest absolute Gasteiger partial charge is 0.121 e. The Hall–Kier alpha value is -0.800. The second kappa shape index (κ2) is 5.02. The minimum Gasteiger partial charge on any atom is -0.496 e. The van der Waals surface area contributed by atoms with Gasteiger partial charge in [-0.25, -0.2) is 0 Å². The summed E-state index contributed by atoms with van der Waals surface area (Å²) in [6.07, 6.45) is 0. The summed E-state index contributed by atoms with van der Waals surface area (Å²) in [5.74, 6) is 0.939. The fraction of sp³-hybridized carbons (Fsp3) is 0.231. The van der Waals surface area contributed by atoms with Gasteiger partial charge in [-0.1, -0.05) is 28.1 Å². The van der Waals surface area contributed by atoms with E-state index in [4.69, 9.17) is 4.74 Å². The van der Waals surface area contributed by atoms with Crippen LogP contribution in [0.15, 0.2) is 35.0 Å². The van der Waals surface area contributed by atoms with Crippen molar-refractivity contribution >= 4 is 27.3 Å². The van der Waals surface area contributed by atoms with Gasteiger partial charge < -0.3 is 4.74 Å². The summed E-state index contributed by atoms with van der Waals surface area (Å²) in [7, 11) is 1.70. The summed E-state index contributed by atoms with van der Waals surface area (Å²) < 4.78 is 5.26. The molecule has 0 aliphatic heterocycles. The van der Waals surface area contributed by atoms with Crippen molar-refractivity contribution in [1.29, 1.82) is 0 Å². The van der Waals surface area contributed by atoms with E-state index in [1.54, 1.807) is 18.4 Å². The highest BCUT2D eigenvalue weighted by atomic mass is 79.9. The summed E-state index contributed by atoms with van der Waals surface area (Å²) in [5, 5.41) is 4.26. The van der Waals surface area contributed by atoms with Gasteiger partial charge in [0.15, 0.2) is 0 Å². The van der Waals surface area contributed by atoms with Crippen molar-refractivity contribution in [2.24, 2.45) is 0 Å². The minimum absolute atomic E-state index is 0.267. The molecule has 1 unspecified atom stereocenters. The zero-order valence-electron chi connectivity index (χ0n) is 9.24. The Bertz CT molecular complexity index is 465. The van der Waals surface area contributed by atoms with E-state index < -0.39 is 0 Å². The molecule has 0 saturated heterocycles. The van der Waals surface area contributed by atoms with Crippen LogP contribution in [0.1, 0.15) is 21.5 Å². The lowest BCUT2D eigenvalue weighted by Crippen LogP contribution is -1.93. The van der Waals surface area contributed by atoms with E-state index in [1.807, 2.05) is 6.07 Å². The molecule has 84 valence electrons. The minimum atomic E-state index is 0.267. The SMILES string of the molecule is COc1ccc(C(Br)c2ccsc2)cc1C. The van der Waals surface area contributed by atoms with Crippen LogP contribution in [0, 0.1) is 6.92 Å². The molecule has 2 rings (SSSR count). The Labute approximate surface area is 108 Å². The van der Waals surface area contributed by atoms with Gasteiger partial charge in [0, 0.05) is 0 Å². The average Bonchev–Trinajstić information content (AvgIpc) is 2.81. The molecule has 1 aromatic carbocycles. The lowest BCUT2D eigenvalue weighted by Gasteiger charge is -2.11. The highest BCUT2D eigenvalue weighted by Gasteiger charge is 2.11. The number of hydrogen-bond donors (Lipinski definition) is 0. The van der Waals surface area contributed by atoms with E-state index in [2.05, 4.69) is 51.8 Å². The first kappa shape index (κ1) is 11.7. The molecule has 1 atom stereocenters. The average molecular weight is 297 g/mol. The predicted molar refractivity (Wildman–Crippen MR) is 72.8 cm³/mol. The molecule has 0 aliphatic carbocycles. The van der Waals surface area contributed by atoms with Crippen molar-refractivity contribution in [3.63, 3.8) is 0 Å². The summed E-state index contributed by atoms with van der Waals surface area (Å²) >= 11 is 5.44. The van der Waals surface area contributed by atoms with Crippen LogP contribution < -0.4 is 4.74 Å². The van der Waals surface area contributed by atoms with Crippen molar-refractivity contribution in [2.45, 2.75) is 11.8 Å². The number of aryl methyl sites for hydroxylation is 1. The van der Waals surface area contributed by atoms with Crippen LogP contribution >= 0.6 is 27.3 Å². The maximum atomic E-state index is 5.26. The zero-order valence-corrected chi connectivity index (χ0v) is 11.6. The van der Waals surface area contributed by atoms with E-state index in [1.165, 1.54) is 16.7 Å². The number of thiophene rings is 1. The van der Waals surface area contributed by atoms with Crippen molar-refractivity contribution in [2.75, 3.05) is 7.11 Å². The van der Waals surface area contributed by atoms with Crippen molar-refractivity contribution in [3.8, 4) is 5.75 Å². The second-order valence-electron chi connectivity index (χ2n) is 3.65. The first-order chi connectivity index (χ1) is 7.72. The largest absolute Gasteiger partial charge is 0.496 e. The van der Waals surface area contributed by atoms with Crippen molar-refractivity contribution in [1.82, 2.24) is 0 Å². The Kier molecular flexibility index (Phi) is 3.66. The van der Waals surface area contributed by atoms with Crippen molar-refractivity contribution < 1.29 is 4.74 Å². The third kappa shape index (κ3) is 2.30. The molecule has 0 N–H and O–H groups in total. The third-order valence-electron chi connectivity index (χ3n) is 2.55. The number of alkyl halides is 1. The Balaban J connectivity index is 2.31. The molecule has 3 heteroatoms. The first-order valence-corrected chi connectivity index (χ1v) is 6.89. The molecule has 0 aliphatic rings. The predicted octanol–water partition coefficient (Wildman–Crippen LogP) is 4.55. The van der Waals surface area contributed by atoms with Gasteiger partial charge in [0.2, 0.25) is 0 Å². The van der Waals surface area contributed by atoms with Gasteiger partial charge in [0.1, 0.15) is 5.75 Å². The van der Waals surface area contributed by atoms with Crippen molar-refractivity contribution in [3.05, 3.63) is 51.7 Å². The number of hydrogen-bond acceptors (Lipinski definition) is 2. The highest BCUT2D eigenvalue weighted by Crippen LogP contribution is 2.34. The summed E-state index contributed by atoms with van der Waals surface area (Å²) in [6, 6.07) is 8.42. The Morgan fingerprint density at radius 2 is 2.06 bits per heavy atom. The van der Waals surface area contributed by atoms with Crippen LogP contribution in [0.3, 0.4) is 0 Å². The van der Waals surface area contributed by atoms with E-state index in [9.17, 15) is 0 Å². The van der Waals surface area contributed by atoms with E-state index >= 15 is 0 Å². The summed E-state index contributed by atoms with van der Waals surface area (Å²) in [6.45, 7) is 2.07. The van der Waals surface area contributed by atoms with E-state index in [0.717, 1.165) is 5.75 Å². The van der Waals surface area contributed by atoms with Crippen LogP contribution in [0.4, 0.5) is 0 Å². The maximum absolute atomic E-state index is 5.26. The van der Waals surface area contributed by atoms with Crippen LogP contribution in [0.2, 0.25) is 0 Å². The standard InChI is InChI=1S/C13H13BrOS/c1-9-7-10(3-4-12(9)15-2)13(14)11-5-6-16-8-11/h3-8,13H,1-2H3. The van der Waals surface area contributed by atoms with Crippen LogP contribution in [-0.2, 0) is 0 Å². The maximum Gasteiger partial charge on any atom is 0.121 e. The summed E-state index contributed by atoms with van der Waals surface area (Å²) in [4.78, 5) is 0.267. The molecular weight excluding hydrogens is 284 g/mol. The number of rotatable bonds is 3. The van der Waals surface area contributed by atoms with Gasteiger partial charge in [-0.15, -0.1) is 0 Å². The quantitative estimate of drug-likeness (QED) is 0.755. The fourth-order valence-electron chi connectivity index (χ4n) is 1.67. The molecule has 0 fully saturated rings. The second-order valence-corrected chi connectivity index (χ2v) is 5.34. The Morgan fingerprint density at radius 3 is 2.62 bits per heavy atom.